The number of rotatable bonds is 5. The molecule has 17 heavy (non-hydrogen) atoms. The van der Waals surface area contributed by atoms with Crippen molar-refractivity contribution in [2.45, 2.75) is 32.0 Å². The summed E-state index contributed by atoms with van der Waals surface area (Å²) in [6.07, 6.45) is 1.19. The Morgan fingerprint density at radius 1 is 1.59 bits per heavy atom. The van der Waals surface area contributed by atoms with Gasteiger partial charge in [-0.2, -0.15) is 0 Å². The molecule has 0 amide bonds. The maximum absolute atomic E-state index is 10.5. The van der Waals surface area contributed by atoms with Crippen LogP contribution in [0.15, 0.2) is 16.8 Å². The largest absolute Gasteiger partial charge is 0.478 e. The van der Waals surface area contributed by atoms with Crippen LogP contribution in [-0.2, 0) is 4.79 Å². The number of carbonyl (C=O) groups is 1. The third-order valence-electron chi connectivity index (χ3n) is 2.01. The van der Waals surface area contributed by atoms with Gasteiger partial charge in [0.25, 0.3) is 0 Å². The van der Waals surface area contributed by atoms with Crippen molar-refractivity contribution in [3.63, 3.8) is 0 Å². The van der Waals surface area contributed by atoms with Crippen LogP contribution in [-0.4, -0.2) is 31.6 Å². The van der Waals surface area contributed by atoms with Crippen LogP contribution in [0.4, 0.5) is 5.95 Å². The third-order valence-corrected chi connectivity index (χ3v) is 3.14. The summed E-state index contributed by atoms with van der Waals surface area (Å²) in [4.78, 5) is 10.5. The van der Waals surface area contributed by atoms with Crippen molar-refractivity contribution >= 4 is 23.7 Å². The molecule has 0 saturated carbocycles. The highest BCUT2D eigenvalue weighted by molar-refractivity contribution is 7.99. The Hall–Kier alpha value is -1.50. The van der Waals surface area contributed by atoms with Crippen molar-refractivity contribution in [2.24, 2.45) is 0 Å². The number of aliphatic carboxylic acids is 1. The van der Waals surface area contributed by atoms with Crippen molar-refractivity contribution in [2.75, 3.05) is 11.5 Å². The van der Waals surface area contributed by atoms with Crippen LogP contribution in [0, 0.1) is 0 Å². The molecule has 94 valence electrons. The quantitative estimate of drug-likeness (QED) is 0.613. The highest BCUT2D eigenvalue weighted by Gasteiger charge is 2.12. The number of carboxylic acids is 1. The van der Waals surface area contributed by atoms with Gasteiger partial charge in [0.2, 0.25) is 5.95 Å². The minimum absolute atomic E-state index is 0.177. The number of anilines is 1. The number of carboxylic acid groups (broad SMARTS) is 1. The molecule has 7 heteroatoms. The molecule has 0 bridgehead atoms. The van der Waals surface area contributed by atoms with E-state index in [2.05, 4.69) is 10.2 Å². The first-order valence-corrected chi connectivity index (χ1v) is 6.13. The second-order valence-corrected chi connectivity index (χ2v) is 4.86. The van der Waals surface area contributed by atoms with Crippen LogP contribution in [0.25, 0.3) is 0 Å². The van der Waals surface area contributed by atoms with Crippen LogP contribution in [0.1, 0.15) is 26.8 Å². The summed E-state index contributed by atoms with van der Waals surface area (Å²) < 4.78 is 1.82. The van der Waals surface area contributed by atoms with Gasteiger partial charge in [-0.25, -0.2) is 4.79 Å². The van der Waals surface area contributed by atoms with Crippen molar-refractivity contribution in [3.8, 4) is 0 Å². The topological polar surface area (TPSA) is 94.0 Å². The van der Waals surface area contributed by atoms with Crippen molar-refractivity contribution in [1.82, 2.24) is 14.8 Å². The highest BCUT2D eigenvalue weighted by Crippen LogP contribution is 2.23. The Morgan fingerprint density at radius 2 is 2.24 bits per heavy atom. The molecule has 3 N–H and O–H groups in total. The van der Waals surface area contributed by atoms with E-state index >= 15 is 0 Å². The average molecular weight is 256 g/mol. The first-order valence-electron chi connectivity index (χ1n) is 5.15. The SMILES string of the molecule is CC(=CC(=O)O)CSc1nnc(N)n1C(C)C. The summed E-state index contributed by atoms with van der Waals surface area (Å²) in [5, 5.41) is 17.1. The lowest BCUT2D eigenvalue weighted by atomic mass is 10.3. The number of hydrogen-bond donors (Lipinski definition) is 2. The van der Waals surface area contributed by atoms with Crippen LogP contribution >= 0.6 is 11.8 Å². The van der Waals surface area contributed by atoms with Gasteiger partial charge in [-0.05, 0) is 20.8 Å². The van der Waals surface area contributed by atoms with Crippen molar-refractivity contribution in [3.05, 3.63) is 11.6 Å². The molecule has 0 aliphatic rings. The van der Waals surface area contributed by atoms with Gasteiger partial charge in [0.05, 0.1) is 0 Å². The number of hydrogen-bond acceptors (Lipinski definition) is 5. The zero-order valence-corrected chi connectivity index (χ0v) is 10.9. The van der Waals surface area contributed by atoms with Crippen LogP contribution in [0.3, 0.4) is 0 Å². The van der Waals surface area contributed by atoms with Gasteiger partial charge >= 0.3 is 5.97 Å². The second-order valence-electron chi connectivity index (χ2n) is 3.92. The lowest BCUT2D eigenvalue weighted by Crippen LogP contribution is -2.07. The molecule has 0 aliphatic heterocycles. The average Bonchev–Trinajstić information content (AvgIpc) is 2.55. The van der Waals surface area contributed by atoms with Crippen LogP contribution in [0.5, 0.6) is 0 Å². The standard InChI is InChI=1S/C10H16N4O2S/c1-6(2)14-9(11)12-13-10(14)17-5-7(3)4-8(15)16/h4,6H,5H2,1-3H3,(H2,11,12)(H,15,16). The number of nitrogen functional groups attached to an aromatic ring is 1. The van der Waals surface area contributed by atoms with Gasteiger partial charge in [-0.1, -0.05) is 17.3 Å². The van der Waals surface area contributed by atoms with E-state index in [1.165, 1.54) is 17.8 Å². The fourth-order valence-electron chi connectivity index (χ4n) is 1.30. The monoisotopic (exact) mass is 256 g/mol. The first kappa shape index (κ1) is 13.6. The maximum atomic E-state index is 10.5. The fourth-order valence-corrected chi connectivity index (χ4v) is 2.29. The molecule has 0 aliphatic carbocycles. The van der Waals surface area contributed by atoms with E-state index in [1.807, 2.05) is 18.4 Å². The summed E-state index contributed by atoms with van der Waals surface area (Å²) in [5.41, 5.74) is 6.46. The lowest BCUT2D eigenvalue weighted by molar-refractivity contribution is -0.131. The molecule has 0 spiro atoms. The van der Waals surface area contributed by atoms with E-state index in [0.29, 0.717) is 16.9 Å². The Bertz CT molecular complexity index is 440. The lowest BCUT2D eigenvalue weighted by Gasteiger charge is -2.11. The molecule has 1 aromatic rings. The molecule has 0 saturated heterocycles. The van der Waals surface area contributed by atoms with E-state index < -0.39 is 5.97 Å². The van der Waals surface area contributed by atoms with Gasteiger partial charge in [0.15, 0.2) is 5.16 Å². The number of nitrogens with two attached hydrogens (primary N) is 1. The number of nitrogens with zero attached hydrogens (tertiary/aromatic N) is 3. The van der Waals surface area contributed by atoms with E-state index in [1.54, 1.807) is 6.92 Å². The Balaban J connectivity index is 2.73. The summed E-state index contributed by atoms with van der Waals surface area (Å²) in [6, 6.07) is 0.177. The Morgan fingerprint density at radius 3 is 2.76 bits per heavy atom. The maximum Gasteiger partial charge on any atom is 0.328 e. The second kappa shape index (κ2) is 5.72. The molecule has 1 heterocycles. The molecule has 0 radical (unpaired) electrons. The molecular formula is C10H16N4O2S. The van der Waals surface area contributed by atoms with E-state index in [9.17, 15) is 4.79 Å². The molecule has 0 fully saturated rings. The predicted octanol–water partition coefficient (Wildman–Crippen LogP) is 1.56. The van der Waals surface area contributed by atoms with Crippen molar-refractivity contribution < 1.29 is 9.90 Å². The van der Waals surface area contributed by atoms with Crippen molar-refractivity contribution in [1.29, 1.82) is 0 Å². The molecule has 6 nitrogen and oxygen atoms in total. The van der Waals surface area contributed by atoms with Crippen LogP contribution in [0.2, 0.25) is 0 Å². The Labute approximate surface area is 104 Å². The molecule has 1 aromatic heterocycles. The zero-order valence-electron chi connectivity index (χ0n) is 10.0. The molecule has 1 rings (SSSR count). The van der Waals surface area contributed by atoms with E-state index in [0.717, 1.165) is 5.57 Å². The predicted molar refractivity (Wildman–Crippen MR) is 66.9 cm³/mol. The van der Waals surface area contributed by atoms with Crippen LogP contribution < -0.4 is 5.73 Å². The zero-order chi connectivity index (χ0) is 13.0. The first-order chi connectivity index (χ1) is 7.91. The van der Waals surface area contributed by atoms with E-state index in [-0.39, 0.29) is 6.04 Å². The molecule has 0 atom stereocenters. The summed E-state index contributed by atoms with van der Waals surface area (Å²) in [6.45, 7) is 5.74. The highest BCUT2D eigenvalue weighted by atomic mass is 32.2. The van der Waals surface area contributed by atoms with Gasteiger partial charge in [-0.3, -0.25) is 4.57 Å². The third kappa shape index (κ3) is 3.77. The summed E-state index contributed by atoms with van der Waals surface area (Å²) in [7, 11) is 0. The summed E-state index contributed by atoms with van der Waals surface area (Å²) >= 11 is 1.42. The minimum atomic E-state index is -0.937. The number of thioether (sulfide) groups is 1. The van der Waals surface area contributed by atoms with Gasteiger partial charge in [0, 0.05) is 17.9 Å². The minimum Gasteiger partial charge on any atom is -0.478 e. The van der Waals surface area contributed by atoms with Gasteiger partial charge < -0.3 is 10.8 Å². The van der Waals surface area contributed by atoms with Gasteiger partial charge in [-0.15, -0.1) is 10.2 Å². The normalized spacial score (nSPS) is 12.1. The Kier molecular flexibility index (Phi) is 4.56. The summed E-state index contributed by atoms with van der Waals surface area (Å²) in [5.74, 6) is -0.00717. The fraction of sp³-hybridized carbons (Fsp3) is 0.500. The molecular weight excluding hydrogens is 240 g/mol. The van der Waals surface area contributed by atoms with Gasteiger partial charge in [0.1, 0.15) is 0 Å². The molecule has 0 unspecified atom stereocenters. The molecule has 0 aromatic carbocycles. The smallest absolute Gasteiger partial charge is 0.328 e. The van der Waals surface area contributed by atoms with E-state index in [4.69, 9.17) is 10.8 Å². The number of aromatic nitrogens is 3.